The zero-order valence-corrected chi connectivity index (χ0v) is 18.5. The van der Waals surface area contributed by atoms with Crippen molar-refractivity contribution in [3.63, 3.8) is 0 Å². The number of amides is 1. The fraction of sp³-hybridized carbons (Fsp3) is 0.286. The average Bonchev–Trinajstić information content (AvgIpc) is 3.16. The van der Waals surface area contributed by atoms with E-state index in [2.05, 4.69) is 58.9 Å². The van der Waals surface area contributed by atoms with Gasteiger partial charge in [-0.05, 0) is 48.9 Å². The van der Waals surface area contributed by atoms with Gasteiger partial charge in [0.1, 0.15) is 5.82 Å². The van der Waals surface area contributed by atoms with Gasteiger partial charge in [0.15, 0.2) is 0 Å². The smallest absolute Gasteiger partial charge is 0.234 e. The van der Waals surface area contributed by atoms with Gasteiger partial charge in [-0.2, -0.15) is 0 Å². The summed E-state index contributed by atoms with van der Waals surface area (Å²) in [4.78, 5) is 20.4. The molecule has 0 atom stereocenters. The van der Waals surface area contributed by atoms with E-state index in [4.69, 9.17) is 4.98 Å². The van der Waals surface area contributed by atoms with Crippen LogP contribution in [0.3, 0.4) is 0 Å². The molecule has 4 nitrogen and oxygen atoms in total. The lowest BCUT2D eigenvalue weighted by atomic mass is 9.88. The molecular weight excluding hydrogens is 394 g/mol. The topological polar surface area (TPSA) is 38.1 Å². The van der Waals surface area contributed by atoms with Gasteiger partial charge in [0.25, 0.3) is 0 Å². The highest BCUT2D eigenvalue weighted by molar-refractivity contribution is 5.87. The molecule has 0 unspecified atom stereocenters. The number of piperidine rings is 1. The molecule has 0 aliphatic carbocycles. The summed E-state index contributed by atoms with van der Waals surface area (Å²) >= 11 is 0. The van der Waals surface area contributed by atoms with Crippen molar-refractivity contribution < 1.29 is 4.79 Å². The van der Waals surface area contributed by atoms with Crippen LogP contribution in [0, 0.1) is 12.8 Å². The first-order valence-corrected chi connectivity index (χ1v) is 11.5. The van der Waals surface area contributed by atoms with E-state index in [1.165, 1.54) is 5.52 Å². The third-order valence-corrected chi connectivity index (χ3v) is 6.73. The highest BCUT2D eigenvalue weighted by Gasteiger charge is 2.30. The van der Waals surface area contributed by atoms with Crippen molar-refractivity contribution in [2.75, 3.05) is 13.1 Å². The van der Waals surface area contributed by atoms with Crippen LogP contribution in [0.4, 0.5) is 0 Å². The van der Waals surface area contributed by atoms with Crippen LogP contribution in [-0.4, -0.2) is 33.4 Å². The summed E-state index contributed by atoms with van der Waals surface area (Å²) in [5.41, 5.74) is 4.39. The van der Waals surface area contributed by atoms with Crippen LogP contribution in [0.2, 0.25) is 0 Å². The molecule has 2 heterocycles. The minimum atomic E-state index is -0.242. The zero-order chi connectivity index (χ0) is 21.9. The van der Waals surface area contributed by atoms with Gasteiger partial charge in [0.05, 0.1) is 17.0 Å². The summed E-state index contributed by atoms with van der Waals surface area (Å²) in [5, 5.41) is 0. The molecule has 5 rings (SSSR count). The fourth-order valence-electron chi connectivity index (χ4n) is 4.97. The van der Waals surface area contributed by atoms with Gasteiger partial charge in [0.2, 0.25) is 5.91 Å². The number of hydrogen-bond acceptors (Lipinski definition) is 2. The van der Waals surface area contributed by atoms with Crippen LogP contribution in [0.15, 0.2) is 84.9 Å². The lowest BCUT2D eigenvalue weighted by molar-refractivity contribution is -0.133. The summed E-state index contributed by atoms with van der Waals surface area (Å²) in [6.45, 7) is 4.68. The first kappa shape index (κ1) is 20.5. The summed E-state index contributed by atoms with van der Waals surface area (Å²) < 4.78 is 2.34. The predicted octanol–water partition coefficient (Wildman–Crippen LogP) is 5.42. The Morgan fingerprint density at radius 1 is 0.875 bits per heavy atom. The Morgan fingerprint density at radius 3 is 2.06 bits per heavy atom. The molecular formula is C28H29N3O. The Balaban J connectivity index is 1.30. The van der Waals surface area contributed by atoms with Crippen LogP contribution in [0.25, 0.3) is 11.0 Å². The Bertz CT molecular complexity index is 1150. The quantitative estimate of drug-likeness (QED) is 0.430. The highest BCUT2D eigenvalue weighted by atomic mass is 16.2. The highest BCUT2D eigenvalue weighted by Crippen LogP contribution is 2.30. The zero-order valence-electron chi connectivity index (χ0n) is 18.5. The largest absolute Gasteiger partial charge is 0.342 e. The Hall–Kier alpha value is -3.40. The first-order valence-electron chi connectivity index (χ1n) is 11.5. The average molecular weight is 424 g/mol. The number of aromatic nitrogens is 2. The van der Waals surface area contributed by atoms with Crippen LogP contribution < -0.4 is 0 Å². The van der Waals surface area contributed by atoms with Gasteiger partial charge in [-0.1, -0.05) is 72.8 Å². The fourth-order valence-corrected chi connectivity index (χ4v) is 4.97. The van der Waals surface area contributed by atoms with E-state index in [-0.39, 0.29) is 11.8 Å². The summed E-state index contributed by atoms with van der Waals surface area (Å²) in [6.07, 6.45) is 2.04. The number of rotatable bonds is 5. The second-order valence-corrected chi connectivity index (χ2v) is 8.78. The Morgan fingerprint density at radius 2 is 1.44 bits per heavy atom. The van der Waals surface area contributed by atoms with E-state index < -0.39 is 0 Å². The van der Waals surface area contributed by atoms with E-state index in [0.29, 0.717) is 5.92 Å². The molecule has 1 aromatic heterocycles. The van der Waals surface area contributed by atoms with E-state index in [1.807, 2.05) is 42.5 Å². The van der Waals surface area contributed by atoms with Crippen molar-refractivity contribution >= 4 is 16.9 Å². The van der Waals surface area contributed by atoms with Gasteiger partial charge in [-0.25, -0.2) is 4.98 Å². The second kappa shape index (κ2) is 8.99. The maximum atomic E-state index is 13.7. The third-order valence-electron chi connectivity index (χ3n) is 6.73. The minimum Gasteiger partial charge on any atom is -0.342 e. The van der Waals surface area contributed by atoms with Gasteiger partial charge in [0, 0.05) is 19.6 Å². The molecule has 0 radical (unpaired) electrons. The lowest BCUT2D eigenvalue weighted by Gasteiger charge is -2.35. The maximum absolute atomic E-state index is 13.7. The molecule has 1 aliphatic rings. The van der Waals surface area contributed by atoms with E-state index in [0.717, 1.165) is 54.9 Å². The molecule has 0 N–H and O–H groups in total. The first-order chi connectivity index (χ1) is 15.7. The van der Waals surface area contributed by atoms with Crippen molar-refractivity contribution in [1.82, 2.24) is 14.5 Å². The molecule has 32 heavy (non-hydrogen) atoms. The molecule has 4 heteroatoms. The normalized spacial score (nSPS) is 14.9. The van der Waals surface area contributed by atoms with Crippen molar-refractivity contribution in [2.24, 2.45) is 5.92 Å². The molecule has 0 bridgehead atoms. The maximum Gasteiger partial charge on any atom is 0.234 e. The summed E-state index contributed by atoms with van der Waals surface area (Å²) in [5.74, 6) is 1.60. The number of para-hydroxylation sites is 2. The standard InChI is InChI=1S/C28H29N3O/c1-21-29-25-14-8-9-15-26(25)31(21)20-22-16-18-30(19-17-22)28(32)27(23-10-4-2-5-11-23)24-12-6-3-7-13-24/h2-15,22,27H,16-20H2,1H3. The van der Waals surface area contributed by atoms with Crippen LogP contribution >= 0.6 is 0 Å². The van der Waals surface area contributed by atoms with Gasteiger partial charge in [-0.3, -0.25) is 4.79 Å². The third kappa shape index (κ3) is 4.05. The van der Waals surface area contributed by atoms with Gasteiger partial charge < -0.3 is 9.47 Å². The van der Waals surface area contributed by atoms with Gasteiger partial charge >= 0.3 is 0 Å². The number of benzene rings is 3. The molecule has 1 saturated heterocycles. The molecule has 1 aliphatic heterocycles. The Kier molecular flexibility index (Phi) is 5.76. The number of fused-ring (bicyclic) bond motifs is 1. The minimum absolute atomic E-state index is 0.213. The van der Waals surface area contributed by atoms with E-state index in [1.54, 1.807) is 0 Å². The SMILES string of the molecule is Cc1nc2ccccc2n1CC1CCN(C(=O)C(c2ccccc2)c2ccccc2)CC1. The second-order valence-electron chi connectivity index (χ2n) is 8.78. The molecule has 0 saturated carbocycles. The predicted molar refractivity (Wildman–Crippen MR) is 129 cm³/mol. The Labute approximate surface area is 189 Å². The van der Waals surface area contributed by atoms with Crippen LogP contribution in [0.5, 0.6) is 0 Å². The van der Waals surface area contributed by atoms with E-state index >= 15 is 0 Å². The number of imidazole rings is 1. The lowest BCUT2D eigenvalue weighted by Crippen LogP contribution is -2.42. The number of carbonyl (C=O) groups is 1. The molecule has 0 spiro atoms. The number of likely N-dealkylation sites (tertiary alicyclic amines) is 1. The number of aryl methyl sites for hydroxylation is 1. The number of nitrogens with zero attached hydrogens (tertiary/aromatic N) is 3. The molecule has 3 aromatic carbocycles. The van der Waals surface area contributed by atoms with Gasteiger partial charge in [-0.15, -0.1) is 0 Å². The van der Waals surface area contributed by atoms with E-state index in [9.17, 15) is 4.79 Å². The van der Waals surface area contributed by atoms with Crippen LogP contribution in [-0.2, 0) is 11.3 Å². The number of carbonyl (C=O) groups excluding carboxylic acids is 1. The van der Waals surface area contributed by atoms with Crippen molar-refractivity contribution in [1.29, 1.82) is 0 Å². The number of hydrogen-bond donors (Lipinski definition) is 0. The monoisotopic (exact) mass is 423 g/mol. The molecule has 162 valence electrons. The van der Waals surface area contributed by atoms with Crippen LogP contribution in [0.1, 0.15) is 35.7 Å². The van der Waals surface area contributed by atoms with Crippen molar-refractivity contribution in [3.8, 4) is 0 Å². The summed E-state index contributed by atoms with van der Waals surface area (Å²) in [7, 11) is 0. The van der Waals surface area contributed by atoms with Crippen molar-refractivity contribution in [2.45, 2.75) is 32.2 Å². The molecule has 4 aromatic rings. The molecule has 1 amide bonds. The van der Waals surface area contributed by atoms with Crippen molar-refractivity contribution in [3.05, 3.63) is 102 Å². The molecule has 1 fully saturated rings. The summed E-state index contributed by atoms with van der Waals surface area (Å²) in [6, 6.07) is 28.7.